The zero-order valence-corrected chi connectivity index (χ0v) is 9.39. The van der Waals surface area contributed by atoms with E-state index in [0.717, 1.165) is 11.1 Å². The molecule has 0 unspecified atom stereocenters. The Morgan fingerprint density at radius 3 is 2.28 bits per heavy atom. The molecule has 1 aliphatic rings. The van der Waals surface area contributed by atoms with Crippen molar-refractivity contribution < 1.29 is 37.9 Å². The Kier molecular flexibility index (Phi) is 3.42. The van der Waals surface area contributed by atoms with Crippen LogP contribution in [0.5, 0.6) is 0 Å². The van der Waals surface area contributed by atoms with Gasteiger partial charge >= 0.3 is 19.8 Å². The summed E-state index contributed by atoms with van der Waals surface area (Å²) in [4.78, 5) is 33.6. The summed E-state index contributed by atoms with van der Waals surface area (Å²) in [7, 11) is -4.48. The molecule has 0 bridgehead atoms. The van der Waals surface area contributed by atoms with E-state index in [4.69, 9.17) is 0 Å². The molecular formula is C7H5N2O8P. The maximum absolute atomic E-state index is 11.8. The van der Waals surface area contributed by atoms with Crippen LogP contribution in [0.4, 0.5) is 0 Å². The van der Waals surface area contributed by atoms with E-state index < -0.39 is 19.8 Å². The van der Waals surface area contributed by atoms with Crippen LogP contribution in [0, 0.1) is 0 Å². The van der Waals surface area contributed by atoms with Crippen molar-refractivity contribution in [2.75, 3.05) is 0 Å². The summed E-state index contributed by atoms with van der Waals surface area (Å²) in [5.41, 5.74) is 0. The van der Waals surface area contributed by atoms with Gasteiger partial charge in [-0.2, -0.15) is 4.73 Å². The molecule has 1 aliphatic heterocycles. The first-order valence-corrected chi connectivity index (χ1v) is 5.80. The van der Waals surface area contributed by atoms with E-state index in [1.165, 1.54) is 12.4 Å². The number of carbonyl (C=O) groups is 2. The lowest BCUT2D eigenvalue weighted by Gasteiger charge is -2.12. The van der Waals surface area contributed by atoms with Crippen LogP contribution in [-0.2, 0) is 33.3 Å². The minimum atomic E-state index is -4.48. The van der Waals surface area contributed by atoms with Crippen molar-refractivity contribution in [3.63, 3.8) is 0 Å². The Morgan fingerprint density at radius 2 is 1.78 bits per heavy atom. The molecule has 10 nitrogen and oxygen atoms in total. The molecule has 0 amide bonds. The Labute approximate surface area is 99.1 Å². The molecule has 0 fully saturated rings. The van der Waals surface area contributed by atoms with Gasteiger partial charge in [0.25, 0.3) is 0 Å². The van der Waals surface area contributed by atoms with E-state index in [9.17, 15) is 14.2 Å². The van der Waals surface area contributed by atoms with Crippen molar-refractivity contribution in [3.8, 4) is 0 Å². The molecule has 96 valence electrons. The van der Waals surface area contributed by atoms with E-state index in [1.807, 2.05) is 0 Å². The topological polar surface area (TPSA) is 115 Å². The van der Waals surface area contributed by atoms with Crippen LogP contribution in [0.2, 0.25) is 0 Å². The van der Waals surface area contributed by atoms with Crippen LogP contribution in [0.1, 0.15) is 0 Å². The van der Waals surface area contributed by atoms with Gasteiger partial charge in [-0.15, -0.1) is 0 Å². The second kappa shape index (κ2) is 5.00. The molecular weight excluding hydrogens is 271 g/mol. The van der Waals surface area contributed by atoms with Gasteiger partial charge in [-0.05, 0) is 0 Å². The maximum Gasteiger partial charge on any atom is 0.623 e. The number of imidazole rings is 1. The van der Waals surface area contributed by atoms with Crippen molar-refractivity contribution >= 4 is 19.8 Å². The number of hydrogen-bond acceptors (Lipinski definition) is 9. The van der Waals surface area contributed by atoms with Crippen LogP contribution in [0.25, 0.3) is 0 Å². The van der Waals surface area contributed by atoms with Crippen molar-refractivity contribution in [1.29, 1.82) is 0 Å². The van der Waals surface area contributed by atoms with Gasteiger partial charge in [0.2, 0.25) is 0 Å². The summed E-state index contributed by atoms with van der Waals surface area (Å²) in [6.07, 6.45) is 5.06. The Balaban J connectivity index is 2.13. The zero-order chi connectivity index (χ0) is 13.0. The van der Waals surface area contributed by atoms with Crippen LogP contribution in [0.15, 0.2) is 30.9 Å². The second-order valence-corrected chi connectivity index (χ2v) is 4.09. The largest absolute Gasteiger partial charge is 0.623 e. The van der Waals surface area contributed by atoms with E-state index in [2.05, 4.69) is 28.7 Å². The highest BCUT2D eigenvalue weighted by Crippen LogP contribution is 2.46. The molecule has 0 aliphatic carbocycles. The number of rotatable bonds is 2. The molecule has 0 spiro atoms. The average Bonchev–Trinajstić information content (AvgIpc) is 2.84. The quantitative estimate of drug-likeness (QED) is 0.540. The lowest BCUT2D eigenvalue weighted by Crippen LogP contribution is -2.13. The van der Waals surface area contributed by atoms with Crippen LogP contribution < -0.4 is 4.62 Å². The molecule has 0 radical (unpaired) electrons. The fourth-order valence-corrected chi connectivity index (χ4v) is 1.54. The molecule has 0 N–H and O–H groups in total. The minimum Gasteiger partial charge on any atom is -0.306 e. The van der Waals surface area contributed by atoms with Crippen molar-refractivity contribution in [2.45, 2.75) is 0 Å². The Hall–Kier alpha value is -2.16. The number of aromatic nitrogens is 2. The molecule has 2 heterocycles. The lowest BCUT2D eigenvalue weighted by atomic mass is 10.5. The van der Waals surface area contributed by atoms with E-state index in [-0.39, 0.29) is 0 Å². The summed E-state index contributed by atoms with van der Waals surface area (Å²) in [5, 5.41) is 0. The molecule has 2 rings (SSSR count). The van der Waals surface area contributed by atoms with Crippen molar-refractivity contribution in [2.24, 2.45) is 0 Å². The first-order valence-electron chi connectivity index (χ1n) is 4.34. The molecule has 11 heteroatoms. The average molecular weight is 276 g/mol. The first-order chi connectivity index (χ1) is 8.57. The highest BCUT2D eigenvalue weighted by Gasteiger charge is 2.37. The highest BCUT2D eigenvalue weighted by atomic mass is 31.2. The van der Waals surface area contributed by atoms with Gasteiger partial charge in [0.15, 0.2) is 0 Å². The Morgan fingerprint density at radius 1 is 1.17 bits per heavy atom. The fraction of sp³-hybridized carbons (Fsp3) is 0. The second-order valence-electron chi connectivity index (χ2n) is 2.74. The predicted octanol–water partition coefficient (Wildman–Crippen LogP) is -0.0608. The van der Waals surface area contributed by atoms with Gasteiger partial charge in [0, 0.05) is 18.3 Å². The molecule has 1 aromatic heterocycles. The maximum atomic E-state index is 11.8. The minimum absolute atomic E-state index is 0.693. The van der Waals surface area contributed by atoms with Gasteiger partial charge in [0.1, 0.15) is 6.33 Å². The fourth-order valence-electron chi connectivity index (χ4n) is 0.807. The summed E-state index contributed by atoms with van der Waals surface area (Å²) in [6, 6.07) is 0. The van der Waals surface area contributed by atoms with Crippen LogP contribution in [-0.4, -0.2) is 21.7 Å². The van der Waals surface area contributed by atoms with Crippen LogP contribution in [0.3, 0.4) is 0 Å². The molecule has 0 atom stereocenters. The Bertz CT molecular complexity index is 498. The molecule has 1 aromatic rings. The standard InChI is InChI=1S/C7H5N2O8P/c10-6-1-2-7(11)14-17-18(12,16-13-6)15-9-4-3-8-5-9/h1-5H/b2-1-. The van der Waals surface area contributed by atoms with Crippen LogP contribution >= 0.6 is 7.82 Å². The summed E-state index contributed by atoms with van der Waals surface area (Å²) < 4.78 is 25.7. The number of hydrogen-bond donors (Lipinski definition) is 0. The molecule has 0 saturated carbocycles. The van der Waals surface area contributed by atoms with E-state index in [0.29, 0.717) is 12.2 Å². The monoisotopic (exact) mass is 276 g/mol. The van der Waals surface area contributed by atoms with Crippen molar-refractivity contribution in [3.05, 3.63) is 30.9 Å². The molecule has 0 aromatic carbocycles. The molecule has 18 heavy (non-hydrogen) atoms. The van der Waals surface area contributed by atoms with Crippen molar-refractivity contribution in [1.82, 2.24) is 9.71 Å². The third kappa shape index (κ3) is 3.17. The third-order valence-corrected chi connectivity index (χ3v) is 2.35. The summed E-state index contributed by atoms with van der Waals surface area (Å²) in [6.45, 7) is 0. The first kappa shape index (κ1) is 12.3. The predicted molar refractivity (Wildman–Crippen MR) is 49.9 cm³/mol. The number of phosphoric acid groups is 1. The summed E-state index contributed by atoms with van der Waals surface area (Å²) >= 11 is 0. The van der Waals surface area contributed by atoms with Gasteiger partial charge in [-0.25, -0.2) is 19.1 Å². The lowest BCUT2D eigenvalue weighted by molar-refractivity contribution is -0.255. The zero-order valence-electron chi connectivity index (χ0n) is 8.49. The number of nitrogens with zero attached hydrogens (tertiary/aromatic N) is 2. The smallest absolute Gasteiger partial charge is 0.306 e. The summed E-state index contributed by atoms with van der Waals surface area (Å²) in [5.74, 6) is -2.18. The third-order valence-electron chi connectivity index (χ3n) is 1.45. The van der Waals surface area contributed by atoms with Gasteiger partial charge in [-0.1, -0.05) is 9.35 Å². The molecule has 0 saturated heterocycles. The normalized spacial score (nSPS) is 20.9. The van der Waals surface area contributed by atoms with Gasteiger partial charge < -0.3 is 4.62 Å². The van der Waals surface area contributed by atoms with Gasteiger partial charge in [-0.3, -0.25) is 9.78 Å². The SMILES string of the molecule is O=C1/C=C\C(=O)OOP(=O)(On2ccnc2)OO1. The van der Waals surface area contributed by atoms with E-state index >= 15 is 0 Å². The van der Waals surface area contributed by atoms with Gasteiger partial charge in [0.05, 0.1) is 6.20 Å². The highest BCUT2D eigenvalue weighted by molar-refractivity contribution is 7.48. The number of carbonyl (C=O) groups excluding carboxylic acids is 2. The van der Waals surface area contributed by atoms with E-state index in [1.54, 1.807) is 0 Å².